The van der Waals surface area contributed by atoms with Crippen molar-refractivity contribution in [1.82, 2.24) is 10.3 Å². The van der Waals surface area contributed by atoms with Gasteiger partial charge >= 0.3 is 0 Å². The van der Waals surface area contributed by atoms with Crippen LogP contribution in [-0.2, 0) is 6.42 Å². The Bertz CT molecular complexity index is 1420. The second kappa shape index (κ2) is 8.28. The van der Waals surface area contributed by atoms with Gasteiger partial charge in [0.05, 0.1) is 0 Å². The third-order valence-electron chi connectivity index (χ3n) is 5.13. The summed E-state index contributed by atoms with van der Waals surface area (Å²) in [5.74, 6) is 0.349. The zero-order valence-corrected chi connectivity index (χ0v) is 18.0. The number of benzene rings is 3. The molecular weight excluding hydrogens is 422 g/mol. The van der Waals surface area contributed by atoms with Gasteiger partial charge in [-0.05, 0) is 72.7 Å². The molecule has 0 saturated carbocycles. The third kappa shape index (κ3) is 3.98. The highest BCUT2D eigenvalue weighted by Crippen LogP contribution is 2.26. The van der Waals surface area contributed by atoms with Gasteiger partial charge in [0.2, 0.25) is 5.89 Å². The van der Waals surface area contributed by atoms with E-state index in [2.05, 4.69) is 22.5 Å². The minimum absolute atomic E-state index is 0.178. The molecule has 0 aliphatic rings. The number of anilines is 1. The van der Waals surface area contributed by atoms with Crippen molar-refractivity contribution in [2.24, 2.45) is 0 Å². The van der Waals surface area contributed by atoms with Crippen molar-refractivity contribution in [3.63, 3.8) is 0 Å². The van der Waals surface area contributed by atoms with Crippen LogP contribution in [0.25, 0.3) is 33.5 Å². The Labute approximate surface area is 189 Å². The predicted octanol–water partition coefficient (Wildman–Crippen LogP) is 5.93. The first-order chi connectivity index (χ1) is 15.6. The second-order valence-electron chi connectivity index (χ2n) is 7.31. The monoisotopic (exact) mass is 441 g/mol. The van der Waals surface area contributed by atoms with Crippen LogP contribution in [0.5, 0.6) is 0 Å². The number of fused-ring (bicyclic) bond motifs is 2. The van der Waals surface area contributed by atoms with Crippen LogP contribution in [0, 0.1) is 0 Å². The first kappa shape index (κ1) is 20.0. The molecular formula is C25H19N3O3S. The second-order valence-corrected chi connectivity index (χ2v) is 7.72. The van der Waals surface area contributed by atoms with E-state index in [0.717, 1.165) is 34.2 Å². The highest BCUT2D eigenvalue weighted by atomic mass is 32.1. The van der Waals surface area contributed by atoms with E-state index in [1.54, 1.807) is 6.07 Å². The molecule has 2 aromatic heterocycles. The Morgan fingerprint density at radius 3 is 2.56 bits per heavy atom. The lowest BCUT2D eigenvalue weighted by Gasteiger charge is -2.08. The molecule has 0 fully saturated rings. The zero-order chi connectivity index (χ0) is 22.1. The maximum absolute atomic E-state index is 12.4. The highest BCUT2D eigenvalue weighted by molar-refractivity contribution is 7.80. The van der Waals surface area contributed by atoms with E-state index < -0.39 is 5.91 Å². The minimum Gasteiger partial charge on any atom is -0.451 e. The molecule has 0 aliphatic heterocycles. The molecule has 32 heavy (non-hydrogen) atoms. The smallest absolute Gasteiger partial charge is 0.293 e. The van der Waals surface area contributed by atoms with E-state index in [-0.39, 0.29) is 10.9 Å². The molecule has 0 atom stereocenters. The van der Waals surface area contributed by atoms with Gasteiger partial charge in [0.15, 0.2) is 16.5 Å². The van der Waals surface area contributed by atoms with Crippen molar-refractivity contribution in [3.8, 4) is 11.5 Å². The summed E-state index contributed by atoms with van der Waals surface area (Å²) in [6, 6.07) is 22.6. The van der Waals surface area contributed by atoms with Gasteiger partial charge < -0.3 is 14.2 Å². The molecule has 0 bridgehead atoms. The summed E-state index contributed by atoms with van der Waals surface area (Å²) in [6.07, 6.45) is 0.950. The normalized spacial score (nSPS) is 11.0. The molecule has 2 heterocycles. The van der Waals surface area contributed by atoms with Gasteiger partial charge in [-0.25, -0.2) is 4.98 Å². The third-order valence-corrected chi connectivity index (χ3v) is 5.33. The maximum atomic E-state index is 12.4. The van der Waals surface area contributed by atoms with Gasteiger partial charge in [0.25, 0.3) is 5.91 Å². The maximum Gasteiger partial charge on any atom is 0.293 e. The summed E-state index contributed by atoms with van der Waals surface area (Å²) >= 11 is 5.27. The number of furan rings is 1. The Morgan fingerprint density at radius 1 is 0.969 bits per heavy atom. The van der Waals surface area contributed by atoms with Gasteiger partial charge in [0.1, 0.15) is 11.1 Å². The van der Waals surface area contributed by atoms with Gasteiger partial charge in [-0.15, -0.1) is 0 Å². The number of hydrogen-bond acceptors (Lipinski definition) is 5. The van der Waals surface area contributed by atoms with Gasteiger partial charge in [0, 0.05) is 16.6 Å². The Morgan fingerprint density at radius 2 is 1.78 bits per heavy atom. The summed E-state index contributed by atoms with van der Waals surface area (Å²) in [4.78, 5) is 17.0. The molecule has 0 radical (unpaired) electrons. The lowest BCUT2D eigenvalue weighted by atomic mass is 10.1. The average molecular weight is 442 g/mol. The van der Waals surface area contributed by atoms with Crippen LogP contribution in [0.2, 0.25) is 0 Å². The van der Waals surface area contributed by atoms with E-state index in [9.17, 15) is 4.79 Å². The van der Waals surface area contributed by atoms with E-state index in [1.165, 1.54) is 5.56 Å². The molecule has 6 nitrogen and oxygen atoms in total. The predicted molar refractivity (Wildman–Crippen MR) is 129 cm³/mol. The molecule has 2 N–H and O–H groups in total. The molecule has 0 unspecified atom stereocenters. The molecule has 5 aromatic rings. The van der Waals surface area contributed by atoms with Crippen LogP contribution >= 0.6 is 12.2 Å². The summed E-state index contributed by atoms with van der Waals surface area (Å²) < 4.78 is 11.4. The molecule has 158 valence electrons. The minimum atomic E-state index is -0.409. The lowest BCUT2D eigenvalue weighted by Crippen LogP contribution is -2.33. The quantitative estimate of drug-likeness (QED) is 0.337. The number of nitrogens with one attached hydrogen (secondary N) is 2. The number of amides is 1. The van der Waals surface area contributed by atoms with E-state index in [1.807, 2.05) is 66.7 Å². The Kier molecular flexibility index (Phi) is 5.17. The van der Waals surface area contributed by atoms with Crippen LogP contribution in [0.15, 0.2) is 81.6 Å². The molecule has 7 heteroatoms. The van der Waals surface area contributed by atoms with Crippen molar-refractivity contribution in [2.75, 3.05) is 5.32 Å². The molecule has 0 spiro atoms. The van der Waals surface area contributed by atoms with Crippen LogP contribution in [-0.4, -0.2) is 16.0 Å². The van der Waals surface area contributed by atoms with E-state index in [4.69, 9.17) is 21.1 Å². The number of hydrogen-bond donors (Lipinski definition) is 2. The topological polar surface area (TPSA) is 80.3 Å². The number of aromatic nitrogens is 1. The van der Waals surface area contributed by atoms with Crippen molar-refractivity contribution in [3.05, 3.63) is 84.1 Å². The molecule has 0 saturated heterocycles. The summed E-state index contributed by atoms with van der Waals surface area (Å²) in [5.41, 5.74) is 5.05. The number of aryl methyl sites for hydroxylation is 1. The fourth-order valence-electron chi connectivity index (χ4n) is 3.43. The Balaban J connectivity index is 1.26. The van der Waals surface area contributed by atoms with Crippen LogP contribution in [0.4, 0.5) is 5.69 Å². The Hall–Kier alpha value is -3.97. The van der Waals surface area contributed by atoms with Crippen LogP contribution < -0.4 is 10.6 Å². The molecule has 5 rings (SSSR count). The van der Waals surface area contributed by atoms with E-state index >= 15 is 0 Å². The van der Waals surface area contributed by atoms with Gasteiger partial charge in [-0.1, -0.05) is 31.2 Å². The number of carbonyl (C=O) groups is 1. The fourth-order valence-corrected chi connectivity index (χ4v) is 3.64. The summed E-state index contributed by atoms with van der Waals surface area (Å²) in [5, 5.41) is 6.68. The molecule has 1 amide bonds. The van der Waals surface area contributed by atoms with Gasteiger partial charge in [-0.3, -0.25) is 10.1 Å². The highest BCUT2D eigenvalue weighted by Gasteiger charge is 2.14. The van der Waals surface area contributed by atoms with Crippen molar-refractivity contribution < 1.29 is 13.6 Å². The standard InChI is InChI=1S/C25H19N3O3S/c1-2-15-7-12-21-19(13-15)27-24(31-21)16-8-10-18(11-9-16)26-25(32)28-23(29)22-14-17-5-3-4-6-20(17)30-22/h3-14H,2H2,1H3,(H2,26,28,29,32). The number of thiocarbonyl (C=S) groups is 1. The lowest BCUT2D eigenvalue weighted by molar-refractivity contribution is 0.0953. The number of rotatable bonds is 4. The van der Waals surface area contributed by atoms with E-state index in [0.29, 0.717) is 11.5 Å². The van der Waals surface area contributed by atoms with Crippen LogP contribution in [0.3, 0.4) is 0 Å². The largest absolute Gasteiger partial charge is 0.451 e. The average Bonchev–Trinajstić information content (AvgIpc) is 3.43. The zero-order valence-electron chi connectivity index (χ0n) is 17.2. The van der Waals surface area contributed by atoms with Crippen molar-refractivity contribution in [2.45, 2.75) is 13.3 Å². The first-order valence-corrected chi connectivity index (χ1v) is 10.6. The summed E-state index contributed by atoms with van der Waals surface area (Å²) in [7, 11) is 0. The number of carbonyl (C=O) groups excluding carboxylic acids is 1. The first-order valence-electron chi connectivity index (χ1n) is 10.2. The van der Waals surface area contributed by atoms with Crippen molar-refractivity contribution >= 4 is 51.0 Å². The summed E-state index contributed by atoms with van der Waals surface area (Å²) in [6.45, 7) is 2.11. The molecule has 0 aliphatic carbocycles. The number of nitrogens with zero attached hydrogens (tertiary/aromatic N) is 1. The molecule has 3 aromatic carbocycles. The number of para-hydroxylation sites is 1. The fraction of sp³-hybridized carbons (Fsp3) is 0.0800. The SMILES string of the molecule is CCc1ccc2oc(-c3ccc(NC(=S)NC(=O)c4cc5ccccc5o4)cc3)nc2c1. The van der Waals surface area contributed by atoms with Crippen molar-refractivity contribution in [1.29, 1.82) is 0 Å². The van der Waals surface area contributed by atoms with Crippen LogP contribution in [0.1, 0.15) is 23.0 Å². The number of oxazole rings is 1. The van der Waals surface area contributed by atoms with Gasteiger partial charge in [-0.2, -0.15) is 0 Å².